The van der Waals surface area contributed by atoms with Gasteiger partial charge in [-0.15, -0.1) is 5.10 Å². The first-order valence-electron chi connectivity index (χ1n) is 9.72. The molecular formula is C22H22FN7O. The molecule has 158 valence electrons. The number of amides is 1. The average molecular weight is 419 g/mol. The van der Waals surface area contributed by atoms with Crippen LogP contribution in [0.2, 0.25) is 0 Å². The SMILES string of the molecule is Cc1cc(F)c(C(=O)Nc2cccc(-c3nnnn3C(C)C)n2)cc1-c1ccccn1.[HH]. The lowest BCUT2D eigenvalue weighted by molar-refractivity contribution is 0.102. The Morgan fingerprint density at radius 1 is 1.13 bits per heavy atom. The number of carbonyl (C=O) groups is 1. The molecule has 0 radical (unpaired) electrons. The van der Waals surface area contributed by atoms with Gasteiger partial charge in [0.15, 0.2) is 0 Å². The number of hydrogen-bond acceptors (Lipinski definition) is 6. The molecular weight excluding hydrogens is 397 g/mol. The molecule has 0 fully saturated rings. The van der Waals surface area contributed by atoms with Crippen molar-refractivity contribution in [1.82, 2.24) is 30.2 Å². The summed E-state index contributed by atoms with van der Waals surface area (Å²) in [5.74, 6) is -0.484. The normalized spacial score (nSPS) is 11.0. The third-order valence-corrected chi connectivity index (χ3v) is 4.70. The van der Waals surface area contributed by atoms with Gasteiger partial charge < -0.3 is 5.32 Å². The second-order valence-corrected chi connectivity index (χ2v) is 7.26. The molecule has 9 heteroatoms. The number of benzene rings is 1. The second-order valence-electron chi connectivity index (χ2n) is 7.26. The molecule has 1 aromatic carbocycles. The lowest BCUT2D eigenvalue weighted by Gasteiger charge is -2.11. The quantitative estimate of drug-likeness (QED) is 0.517. The average Bonchev–Trinajstić information content (AvgIpc) is 3.25. The summed E-state index contributed by atoms with van der Waals surface area (Å²) >= 11 is 0. The van der Waals surface area contributed by atoms with Gasteiger partial charge in [-0.05, 0) is 73.2 Å². The van der Waals surface area contributed by atoms with E-state index >= 15 is 0 Å². The third-order valence-electron chi connectivity index (χ3n) is 4.70. The van der Waals surface area contributed by atoms with E-state index in [0.29, 0.717) is 28.3 Å². The number of pyridine rings is 2. The molecule has 0 aliphatic heterocycles. The van der Waals surface area contributed by atoms with E-state index in [4.69, 9.17) is 0 Å². The maximum Gasteiger partial charge on any atom is 0.259 e. The minimum atomic E-state index is -0.616. The van der Waals surface area contributed by atoms with Gasteiger partial charge in [-0.2, -0.15) is 0 Å². The van der Waals surface area contributed by atoms with Crippen molar-refractivity contribution in [3.63, 3.8) is 0 Å². The smallest absolute Gasteiger partial charge is 0.259 e. The van der Waals surface area contributed by atoms with Crippen molar-refractivity contribution in [1.29, 1.82) is 0 Å². The van der Waals surface area contributed by atoms with E-state index in [1.54, 1.807) is 42.1 Å². The molecule has 8 nitrogen and oxygen atoms in total. The zero-order chi connectivity index (χ0) is 22.0. The topological polar surface area (TPSA) is 98.5 Å². The summed E-state index contributed by atoms with van der Waals surface area (Å²) in [5.41, 5.74) is 2.44. The molecule has 0 unspecified atom stereocenters. The van der Waals surface area contributed by atoms with Gasteiger partial charge in [0.05, 0.1) is 17.3 Å². The van der Waals surface area contributed by atoms with Crippen molar-refractivity contribution in [3.05, 3.63) is 71.7 Å². The van der Waals surface area contributed by atoms with Crippen LogP contribution < -0.4 is 5.32 Å². The number of tetrazole rings is 1. The van der Waals surface area contributed by atoms with Crippen molar-refractivity contribution in [3.8, 4) is 22.8 Å². The number of aryl methyl sites for hydroxylation is 1. The summed E-state index contributed by atoms with van der Waals surface area (Å²) in [6.45, 7) is 5.67. The standard InChI is InChI=1S/C22H20FN7O.H2/c1-13(2)30-21(27-28-29-30)19-8-6-9-20(25-19)26-22(31)16-12-15(14(3)11-17(16)23)18-7-4-5-10-24-18;/h4-13H,1-3H3,(H,25,26,31);1H. The highest BCUT2D eigenvalue weighted by Gasteiger charge is 2.18. The second kappa shape index (κ2) is 8.39. The molecule has 0 aliphatic rings. The van der Waals surface area contributed by atoms with Crippen LogP contribution in [0.3, 0.4) is 0 Å². The largest absolute Gasteiger partial charge is 0.306 e. The third kappa shape index (κ3) is 4.16. The highest BCUT2D eigenvalue weighted by atomic mass is 19.1. The lowest BCUT2D eigenvalue weighted by atomic mass is 10.0. The monoisotopic (exact) mass is 419 g/mol. The fourth-order valence-electron chi connectivity index (χ4n) is 3.17. The summed E-state index contributed by atoms with van der Waals surface area (Å²) in [7, 11) is 0. The van der Waals surface area contributed by atoms with Crippen LogP contribution in [0.4, 0.5) is 10.2 Å². The van der Waals surface area contributed by atoms with Crippen LogP contribution in [0.1, 0.15) is 37.2 Å². The molecule has 0 saturated heterocycles. The molecule has 0 spiro atoms. The van der Waals surface area contributed by atoms with Crippen LogP contribution in [0.5, 0.6) is 0 Å². The van der Waals surface area contributed by atoms with Gasteiger partial charge in [0.25, 0.3) is 5.91 Å². The summed E-state index contributed by atoms with van der Waals surface area (Å²) in [6.07, 6.45) is 1.65. The van der Waals surface area contributed by atoms with Crippen LogP contribution >= 0.6 is 0 Å². The van der Waals surface area contributed by atoms with E-state index in [1.807, 2.05) is 26.0 Å². The lowest BCUT2D eigenvalue weighted by Crippen LogP contribution is -2.15. The molecule has 0 saturated carbocycles. The zero-order valence-electron chi connectivity index (χ0n) is 17.2. The van der Waals surface area contributed by atoms with E-state index in [0.717, 1.165) is 0 Å². The zero-order valence-corrected chi connectivity index (χ0v) is 17.2. The van der Waals surface area contributed by atoms with Gasteiger partial charge >= 0.3 is 0 Å². The van der Waals surface area contributed by atoms with E-state index in [9.17, 15) is 9.18 Å². The minimum Gasteiger partial charge on any atom is -0.306 e. The van der Waals surface area contributed by atoms with E-state index in [2.05, 4.69) is 30.8 Å². The number of aromatic nitrogens is 6. The Kier molecular flexibility index (Phi) is 5.48. The Bertz CT molecular complexity index is 1240. The van der Waals surface area contributed by atoms with E-state index in [-0.39, 0.29) is 18.8 Å². The molecule has 3 heterocycles. The molecule has 4 aromatic rings. The minimum absolute atomic E-state index is 0. The number of nitrogens with one attached hydrogen (secondary N) is 1. The molecule has 1 amide bonds. The summed E-state index contributed by atoms with van der Waals surface area (Å²) in [4.78, 5) is 21.6. The molecule has 4 rings (SSSR count). The predicted octanol–water partition coefficient (Wildman–Crippen LogP) is 4.32. The number of nitrogens with zero attached hydrogens (tertiary/aromatic N) is 6. The molecule has 0 bridgehead atoms. The van der Waals surface area contributed by atoms with Crippen LogP contribution in [0, 0.1) is 12.7 Å². The highest BCUT2D eigenvalue weighted by molar-refractivity contribution is 6.04. The number of carbonyl (C=O) groups excluding carboxylic acids is 1. The molecule has 1 N–H and O–H groups in total. The maximum atomic E-state index is 14.6. The van der Waals surface area contributed by atoms with Crippen LogP contribution in [-0.2, 0) is 0 Å². The van der Waals surface area contributed by atoms with Crippen molar-refractivity contribution in [2.45, 2.75) is 26.8 Å². The highest BCUT2D eigenvalue weighted by Crippen LogP contribution is 2.25. The summed E-state index contributed by atoms with van der Waals surface area (Å²) in [5, 5.41) is 14.3. The summed E-state index contributed by atoms with van der Waals surface area (Å²) in [6, 6.07) is 13.4. The van der Waals surface area contributed by atoms with Crippen molar-refractivity contribution >= 4 is 11.7 Å². The Labute approximate surface area is 179 Å². The van der Waals surface area contributed by atoms with Crippen molar-refractivity contribution < 1.29 is 10.6 Å². The Morgan fingerprint density at radius 3 is 2.68 bits per heavy atom. The predicted molar refractivity (Wildman–Crippen MR) is 116 cm³/mol. The first-order valence-corrected chi connectivity index (χ1v) is 9.72. The Balaban J connectivity index is 0.00000289. The van der Waals surface area contributed by atoms with Crippen molar-refractivity contribution in [2.75, 3.05) is 5.32 Å². The molecule has 3 aromatic heterocycles. The van der Waals surface area contributed by atoms with Crippen LogP contribution in [0.25, 0.3) is 22.8 Å². The molecule has 0 aliphatic carbocycles. The van der Waals surface area contributed by atoms with E-state index in [1.165, 1.54) is 12.1 Å². The fraction of sp³-hybridized carbons (Fsp3) is 0.182. The Morgan fingerprint density at radius 2 is 1.94 bits per heavy atom. The number of hydrogen-bond donors (Lipinski definition) is 1. The number of rotatable bonds is 5. The van der Waals surface area contributed by atoms with Crippen LogP contribution in [0.15, 0.2) is 54.7 Å². The van der Waals surface area contributed by atoms with Gasteiger partial charge in [-0.25, -0.2) is 14.1 Å². The molecule has 31 heavy (non-hydrogen) atoms. The first kappa shape index (κ1) is 20.3. The number of halogens is 1. The van der Waals surface area contributed by atoms with Gasteiger partial charge in [0.1, 0.15) is 17.3 Å². The van der Waals surface area contributed by atoms with Crippen LogP contribution in [-0.4, -0.2) is 36.1 Å². The fourth-order valence-corrected chi connectivity index (χ4v) is 3.17. The number of anilines is 1. The summed E-state index contributed by atoms with van der Waals surface area (Å²) < 4.78 is 16.2. The maximum absolute atomic E-state index is 14.6. The van der Waals surface area contributed by atoms with Crippen molar-refractivity contribution in [2.24, 2.45) is 0 Å². The van der Waals surface area contributed by atoms with Gasteiger partial charge in [0.2, 0.25) is 5.82 Å². The van der Waals surface area contributed by atoms with Gasteiger partial charge in [0, 0.05) is 13.2 Å². The van der Waals surface area contributed by atoms with Gasteiger partial charge in [-0.3, -0.25) is 9.78 Å². The molecule has 0 atom stereocenters. The Hall–Kier alpha value is -4.01. The first-order chi connectivity index (χ1) is 14.9. The van der Waals surface area contributed by atoms with Gasteiger partial charge in [-0.1, -0.05) is 12.1 Å². The van der Waals surface area contributed by atoms with E-state index < -0.39 is 11.7 Å².